The van der Waals surface area contributed by atoms with Crippen LogP contribution in [0.1, 0.15) is 55.5 Å². The number of carbonyl (C=O) groups excluding carboxylic acids is 1. The van der Waals surface area contributed by atoms with Gasteiger partial charge in [-0.3, -0.25) is 4.79 Å². The second kappa shape index (κ2) is 9.00. The molecule has 5 nitrogen and oxygen atoms in total. The van der Waals surface area contributed by atoms with Crippen LogP contribution >= 0.6 is 0 Å². The first-order valence-electron chi connectivity index (χ1n) is 7.51. The maximum atomic E-state index is 12.5. The van der Waals surface area contributed by atoms with Crippen molar-refractivity contribution < 1.29 is 10.0 Å². The third-order valence-corrected chi connectivity index (χ3v) is 3.39. The maximum Gasteiger partial charge on any atom is 0.253 e. The van der Waals surface area contributed by atoms with Gasteiger partial charge in [0.2, 0.25) is 0 Å². The Kier molecular flexibility index (Phi) is 7.29. The van der Waals surface area contributed by atoms with Crippen LogP contribution in [0.15, 0.2) is 29.4 Å². The molecule has 1 aromatic carbocycles. The van der Waals surface area contributed by atoms with Crippen LogP contribution in [0, 0.1) is 0 Å². The summed E-state index contributed by atoms with van der Waals surface area (Å²) in [6.07, 6.45) is 4.16. The molecule has 0 aliphatic heterocycles. The van der Waals surface area contributed by atoms with E-state index in [9.17, 15) is 4.79 Å². The fourth-order valence-corrected chi connectivity index (χ4v) is 2.04. The average molecular weight is 291 g/mol. The third-order valence-electron chi connectivity index (χ3n) is 3.39. The Morgan fingerprint density at radius 3 is 2.00 bits per heavy atom. The van der Waals surface area contributed by atoms with E-state index in [0.717, 1.165) is 38.8 Å². The molecule has 0 saturated carbocycles. The van der Waals surface area contributed by atoms with E-state index in [2.05, 4.69) is 19.0 Å². The summed E-state index contributed by atoms with van der Waals surface area (Å²) < 4.78 is 0. The van der Waals surface area contributed by atoms with E-state index in [1.165, 1.54) is 0 Å². The summed E-state index contributed by atoms with van der Waals surface area (Å²) in [4.78, 5) is 14.4. The number of rotatable bonds is 8. The lowest BCUT2D eigenvalue weighted by Crippen LogP contribution is -2.33. The topological polar surface area (TPSA) is 78.9 Å². The van der Waals surface area contributed by atoms with E-state index in [-0.39, 0.29) is 11.7 Å². The van der Waals surface area contributed by atoms with E-state index in [1.54, 1.807) is 24.3 Å². The Morgan fingerprint density at radius 1 is 1.10 bits per heavy atom. The normalized spacial score (nSPS) is 11.4. The van der Waals surface area contributed by atoms with Gasteiger partial charge >= 0.3 is 0 Å². The van der Waals surface area contributed by atoms with Crippen LogP contribution in [0.4, 0.5) is 0 Å². The van der Waals surface area contributed by atoms with E-state index in [1.807, 2.05) is 4.90 Å². The summed E-state index contributed by atoms with van der Waals surface area (Å²) in [6.45, 7) is 5.82. The number of carbonyl (C=O) groups is 1. The van der Waals surface area contributed by atoms with Gasteiger partial charge in [0.15, 0.2) is 5.84 Å². The van der Waals surface area contributed by atoms with Crippen molar-refractivity contribution in [2.45, 2.75) is 39.5 Å². The highest BCUT2D eigenvalue weighted by Crippen LogP contribution is 2.10. The van der Waals surface area contributed by atoms with Crippen LogP contribution in [0.5, 0.6) is 0 Å². The molecule has 0 saturated heterocycles. The highest BCUT2D eigenvalue weighted by Gasteiger charge is 2.15. The van der Waals surface area contributed by atoms with Crippen LogP contribution < -0.4 is 5.73 Å². The number of unbranched alkanes of at least 4 members (excludes halogenated alkanes) is 2. The van der Waals surface area contributed by atoms with Gasteiger partial charge in [0.05, 0.1) is 0 Å². The number of nitrogens with zero attached hydrogens (tertiary/aromatic N) is 2. The molecular weight excluding hydrogens is 266 g/mol. The number of hydrogen-bond acceptors (Lipinski definition) is 3. The van der Waals surface area contributed by atoms with Crippen molar-refractivity contribution in [3.63, 3.8) is 0 Å². The molecule has 0 aliphatic carbocycles. The van der Waals surface area contributed by atoms with Crippen molar-refractivity contribution in [1.29, 1.82) is 0 Å². The van der Waals surface area contributed by atoms with Gasteiger partial charge in [-0.05, 0) is 25.0 Å². The highest BCUT2D eigenvalue weighted by molar-refractivity contribution is 5.99. The van der Waals surface area contributed by atoms with Gasteiger partial charge in [-0.25, -0.2) is 0 Å². The van der Waals surface area contributed by atoms with Crippen molar-refractivity contribution in [3.05, 3.63) is 35.4 Å². The average Bonchev–Trinajstić information content (AvgIpc) is 2.54. The van der Waals surface area contributed by atoms with Crippen molar-refractivity contribution in [2.75, 3.05) is 13.1 Å². The molecule has 1 aromatic rings. The Morgan fingerprint density at radius 2 is 1.57 bits per heavy atom. The Labute approximate surface area is 126 Å². The van der Waals surface area contributed by atoms with Crippen molar-refractivity contribution in [1.82, 2.24) is 4.90 Å². The van der Waals surface area contributed by atoms with Gasteiger partial charge in [-0.2, -0.15) is 0 Å². The summed E-state index contributed by atoms with van der Waals surface area (Å²) in [7, 11) is 0. The minimum absolute atomic E-state index is 0.0443. The second-order valence-electron chi connectivity index (χ2n) is 5.06. The number of nitrogens with two attached hydrogens (primary N) is 1. The van der Waals surface area contributed by atoms with Gasteiger partial charge in [-0.15, -0.1) is 0 Å². The minimum atomic E-state index is 0.0443. The van der Waals surface area contributed by atoms with Gasteiger partial charge < -0.3 is 15.8 Å². The molecule has 5 heteroatoms. The predicted octanol–water partition coefficient (Wildman–Crippen LogP) is 2.82. The van der Waals surface area contributed by atoms with E-state index in [0.29, 0.717) is 11.1 Å². The Bertz CT molecular complexity index is 461. The molecule has 116 valence electrons. The molecule has 0 spiro atoms. The SMILES string of the molecule is CCCCN(CCCC)C(=O)c1ccc(/C(N)=N/O)cc1. The van der Waals surface area contributed by atoms with Gasteiger partial charge in [0.25, 0.3) is 5.91 Å². The molecular formula is C16H25N3O2. The fourth-order valence-electron chi connectivity index (χ4n) is 2.04. The molecule has 3 N–H and O–H groups in total. The predicted molar refractivity (Wildman–Crippen MR) is 84.7 cm³/mol. The highest BCUT2D eigenvalue weighted by atomic mass is 16.4. The Hall–Kier alpha value is -2.04. The Balaban J connectivity index is 2.82. The van der Waals surface area contributed by atoms with Crippen molar-refractivity contribution >= 4 is 11.7 Å². The molecule has 0 atom stereocenters. The van der Waals surface area contributed by atoms with E-state index in [4.69, 9.17) is 10.9 Å². The number of oxime groups is 1. The molecule has 0 radical (unpaired) electrons. The first-order valence-corrected chi connectivity index (χ1v) is 7.51. The van der Waals surface area contributed by atoms with Crippen LogP contribution in [-0.4, -0.2) is 34.9 Å². The smallest absolute Gasteiger partial charge is 0.253 e. The molecule has 1 amide bonds. The number of hydrogen-bond donors (Lipinski definition) is 2. The first-order chi connectivity index (χ1) is 10.1. The lowest BCUT2D eigenvalue weighted by atomic mass is 10.1. The number of benzene rings is 1. The van der Waals surface area contributed by atoms with E-state index >= 15 is 0 Å². The molecule has 0 unspecified atom stereocenters. The first kappa shape index (κ1) is 17.0. The summed E-state index contributed by atoms with van der Waals surface area (Å²) in [5.74, 6) is 0.0887. The molecule has 1 rings (SSSR count). The fraction of sp³-hybridized carbons (Fsp3) is 0.500. The zero-order valence-corrected chi connectivity index (χ0v) is 12.9. The molecule has 21 heavy (non-hydrogen) atoms. The van der Waals surface area contributed by atoms with Gasteiger partial charge in [-0.1, -0.05) is 44.0 Å². The molecule has 0 aromatic heterocycles. The lowest BCUT2D eigenvalue weighted by molar-refractivity contribution is 0.0751. The van der Waals surface area contributed by atoms with Crippen molar-refractivity contribution in [2.24, 2.45) is 10.9 Å². The van der Waals surface area contributed by atoms with Crippen LogP contribution in [0.3, 0.4) is 0 Å². The van der Waals surface area contributed by atoms with Gasteiger partial charge in [0.1, 0.15) is 0 Å². The molecule has 0 aliphatic rings. The summed E-state index contributed by atoms with van der Waals surface area (Å²) in [5, 5.41) is 11.6. The zero-order chi connectivity index (χ0) is 15.7. The zero-order valence-electron chi connectivity index (χ0n) is 12.9. The van der Waals surface area contributed by atoms with Crippen LogP contribution in [0.25, 0.3) is 0 Å². The third kappa shape index (κ3) is 5.10. The van der Waals surface area contributed by atoms with Crippen LogP contribution in [-0.2, 0) is 0 Å². The lowest BCUT2D eigenvalue weighted by Gasteiger charge is -2.22. The van der Waals surface area contributed by atoms with Gasteiger partial charge in [0, 0.05) is 24.2 Å². The summed E-state index contributed by atoms with van der Waals surface area (Å²) >= 11 is 0. The second-order valence-corrected chi connectivity index (χ2v) is 5.06. The monoisotopic (exact) mass is 291 g/mol. The standard InChI is InChI=1S/C16H25N3O2/c1-3-5-11-19(12-6-4-2)16(20)14-9-7-13(8-10-14)15(17)18-21/h7-10,21H,3-6,11-12H2,1-2H3,(H2,17,18). The largest absolute Gasteiger partial charge is 0.409 e. The summed E-state index contributed by atoms with van der Waals surface area (Å²) in [5.41, 5.74) is 6.75. The number of amidine groups is 1. The molecule has 0 fully saturated rings. The molecule has 0 heterocycles. The summed E-state index contributed by atoms with van der Waals surface area (Å²) in [6, 6.07) is 6.83. The maximum absolute atomic E-state index is 12.5. The van der Waals surface area contributed by atoms with Crippen molar-refractivity contribution in [3.8, 4) is 0 Å². The molecule has 0 bridgehead atoms. The van der Waals surface area contributed by atoms with Crippen LogP contribution in [0.2, 0.25) is 0 Å². The quantitative estimate of drug-likeness (QED) is 0.334. The number of amides is 1. The van der Waals surface area contributed by atoms with E-state index < -0.39 is 0 Å². The minimum Gasteiger partial charge on any atom is -0.409 e.